The maximum atomic E-state index is 12.6. The predicted molar refractivity (Wildman–Crippen MR) is 101 cm³/mol. The first-order valence-electron chi connectivity index (χ1n) is 8.53. The summed E-state index contributed by atoms with van der Waals surface area (Å²) in [6.45, 7) is 1.67. The molecule has 3 rings (SSSR count). The number of hydrogen-bond acceptors (Lipinski definition) is 4. The first-order valence-corrected chi connectivity index (χ1v) is 8.53. The van der Waals surface area contributed by atoms with Gasteiger partial charge in [-0.25, -0.2) is 4.99 Å². The third kappa shape index (κ3) is 4.34. The molecule has 0 bridgehead atoms. The van der Waals surface area contributed by atoms with Gasteiger partial charge in [0, 0.05) is 24.4 Å². The van der Waals surface area contributed by atoms with E-state index in [1.165, 1.54) is 0 Å². The lowest BCUT2D eigenvalue weighted by molar-refractivity contribution is 0.100. The molecule has 0 spiro atoms. The van der Waals surface area contributed by atoms with Gasteiger partial charge in [0.15, 0.2) is 0 Å². The highest BCUT2D eigenvalue weighted by atomic mass is 16.5. The van der Waals surface area contributed by atoms with Gasteiger partial charge in [0.2, 0.25) is 0 Å². The second-order valence-electron chi connectivity index (χ2n) is 5.96. The third-order valence-electron chi connectivity index (χ3n) is 4.20. The van der Waals surface area contributed by atoms with Crippen molar-refractivity contribution in [1.29, 1.82) is 0 Å². The van der Waals surface area contributed by atoms with Crippen molar-refractivity contribution in [2.75, 3.05) is 25.5 Å². The maximum Gasteiger partial charge on any atom is 0.279 e. The van der Waals surface area contributed by atoms with Crippen molar-refractivity contribution in [2.45, 2.75) is 12.8 Å². The molecular formula is C20H21N3O3. The standard InChI is InChI=1S/C20H21N3O3/c1-26-16-8-6-14(7-9-16)19(24)23-18-5-3-2-4-17(18)20(25)22-15-10-12-21-13-11-15/h2-9,21H,10-13H2,1H3,(H,23,24). The summed E-state index contributed by atoms with van der Waals surface area (Å²) >= 11 is 0. The number of methoxy groups -OCH3 is 1. The van der Waals surface area contributed by atoms with Crippen LogP contribution in [0.5, 0.6) is 5.75 Å². The van der Waals surface area contributed by atoms with Crippen LogP contribution in [0.3, 0.4) is 0 Å². The Morgan fingerprint density at radius 3 is 2.42 bits per heavy atom. The van der Waals surface area contributed by atoms with Gasteiger partial charge in [-0.2, -0.15) is 0 Å². The van der Waals surface area contributed by atoms with Crippen molar-refractivity contribution in [3.8, 4) is 5.75 Å². The Morgan fingerprint density at radius 2 is 1.73 bits per heavy atom. The minimum Gasteiger partial charge on any atom is -0.497 e. The monoisotopic (exact) mass is 351 g/mol. The van der Waals surface area contributed by atoms with E-state index in [0.29, 0.717) is 22.6 Å². The average molecular weight is 351 g/mol. The van der Waals surface area contributed by atoms with Gasteiger partial charge in [-0.1, -0.05) is 12.1 Å². The summed E-state index contributed by atoms with van der Waals surface area (Å²) in [7, 11) is 1.57. The molecule has 1 heterocycles. The highest BCUT2D eigenvalue weighted by Gasteiger charge is 2.15. The lowest BCUT2D eigenvalue weighted by atomic mass is 10.1. The van der Waals surface area contributed by atoms with Crippen LogP contribution >= 0.6 is 0 Å². The molecule has 26 heavy (non-hydrogen) atoms. The quantitative estimate of drug-likeness (QED) is 0.888. The normalized spacial score (nSPS) is 13.8. The van der Waals surface area contributed by atoms with Crippen LogP contribution in [0.1, 0.15) is 33.6 Å². The van der Waals surface area contributed by atoms with Crippen LogP contribution in [0.2, 0.25) is 0 Å². The first-order chi connectivity index (χ1) is 12.7. The lowest BCUT2D eigenvalue weighted by Crippen LogP contribution is -2.28. The van der Waals surface area contributed by atoms with E-state index in [1.54, 1.807) is 55.6 Å². The Bertz CT molecular complexity index is 820. The molecule has 1 saturated heterocycles. The van der Waals surface area contributed by atoms with Crippen molar-refractivity contribution in [3.63, 3.8) is 0 Å². The van der Waals surface area contributed by atoms with Gasteiger partial charge in [0.05, 0.1) is 18.4 Å². The van der Waals surface area contributed by atoms with Gasteiger partial charge < -0.3 is 15.4 Å². The van der Waals surface area contributed by atoms with E-state index in [2.05, 4.69) is 15.6 Å². The van der Waals surface area contributed by atoms with Crippen LogP contribution < -0.4 is 15.4 Å². The number of nitrogens with one attached hydrogen (secondary N) is 2. The summed E-state index contributed by atoms with van der Waals surface area (Å²) in [5, 5.41) is 6.03. The molecule has 2 N–H and O–H groups in total. The zero-order valence-corrected chi connectivity index (χ0v) is 14.6. The van der Waals surface area contributed by atoms with Gasteiger partial charge in [-0.15, -0.1) is 0 Å². The molecule has 2 aromatic rings. The predicted octanol–water partition coefficient (Wildman–Crippen LogP) is 2.91. The molecule has 6 heteroatoms. The number of aliphatic imine (C=N–C) groups is 1. The van der Waals surface area contributed by atoms with E-state index >= 15 is 0 Å². The van der Waals surface area contributed by atoms with Crippen molar-refractivity contribution < 1.29 is 14.3 Å². The van der Waals surface area contributed by atoms with Crippen LogP contribution in [0, 0.1) is 0 Å². The van der Waals surface area contributed by atoms with E-state index in [0.717, 1.165) is 31.6 Å². The van der Waals surface area contributed by atoms with Crippen molar-refractivity contribution in [1.82, 2.24) is 5.32 Å². The summed E-state index contributed by atoms with van der Waals surface area (Å²) < 4.78 is 5.09. The SMILES string of the molecule is COc1ccc(C(=O)Nc2ccccc2C(=O)N=C2CCNCC2)cc1. The van der Waals surface area contributed by atoms with Crippen LogP contribution in [0.4, 0.5) is 5.69 Å². The van der Waals surface area contributed by atoms with E-state index in [1.807, 2.05) is 0 Å². The number of nitrogens with zero attached hydrogens (tertiary/aromatic N) is 1. The molecular weight excluding hydrogens is 330 g/mol. The summed E-state index contributed by atoms with van der Waals surface area (Å²) in [6, 6.07) is 13.7. The smallest absolute Gasteiger partial charge is 0.279 e. The summed E-state index contributed by atoms with van der Waals surface area (Å²) in [4.78, 5) is 29.3. The average Bonchev–Trinajstić information content (AvgIpc) is 2.69. The fourth-order valence-electron chi connectivity index (χ4n) is 2.75. The fraction of sp³-hybridized carbons (Fsp3) is 0.250. The first kappa shape index (κ1) is 17.8. The van der Waals surface area contributed by atoms with E-state index < -0.39 is 0 Å². The molecule has 2 aromatic carbocycles. The van der Waals surface area contributed by atoms with Crippen LogP contribution in [0.15, 0.2) is 53.5 Å². The topological polar surface area (TPSA) is 79.8 Å². The molecule has 1 fully saturated rings. The zero-order chi connectivity index (χ0) is 18.4. The molecule has 0 radical (unpaired) electrons. The molecule has 2 amide bonds. The lowest BCUT2D eigenvalue weighted by Gasteiger charge is -2.14. The molecule has 1 aliphatic rings. The Labute approximate surface area is 152 Å². The van der Waals surface area contributed by atoms with Crippen molar-refractivity contribution in [2.24, 2.45) is 4.99 Å². The molecule has 6 nitrogen and oxygen atoms in total. The molecule has 134 valence electrons. The Morgan fingerprint density at radius 1 is 1.04 bits per heavy atom. The second kappa shape index (κ2) is 8.40. The maximum absolute atomic E-state index is 12.6. The molecule has 1 aliphatic heterocycles. The number of amides is 2. The minimum absolute atomic E-state index is 0.289. The van der Waals surface area contributed by atoms with Gasteiger partial charge in [0.25, 0.3) is 11.8 Å². The molecule has 0 unspecified atom stereocenters. The number of carbonyl (C=O) groups is 2. The highest BCUT2D eigenvalue weighted by Crippen LogP contribution is 2.19. The number of benzene rings is 2. The molecule has 0 saturated carbocycles. The van der Waals surface area contributed by atoms with Gasteiger partial charge in [-0.3, -0.25) is 9.59 Å². The Kier molecular flexibility index (Phi) is 5.76. The number of carbonyl (C=O) groups excluding carboxylic acids is 2. The summed E-state index contributed by atoms with van der Waals surface area (Å²) in [5.41, 5.74) is 2.22. The van der Waals surface area contributed by atoms with Crippen molar-refractivity contribution in [3.05, 3.63) is 59.7 Å². The number of hydrogen-bond donors (Lipinski definition) is 2. The number of para-hydroxylation sites is 1. The molecule has 0 aromatic heterocycles. The van der Waals surface area contributed by atoms with E-state index in [4.69, 9.17) is 4.74 Å². The zero-order valence-electron chi connectivity index (χ0n) is 14.6. The molecule has 0 atom stereocenters. The van der Waals surface area contributed by atoms with E-state index in [9.17, 15) is 9.59 Å². The van der Waals surface area contributed by atoms with Crippen molar-refractivity contribution >= 4 is 23.2 Å². The van der Waals surface area contributed by atoms with Gasteiger partial charge in [0.1, 0.15) is 5.75 Å². The minimum atomic E-state index is -0.326. The largest absolute Gasteiger partial charge is 0.497 e. The summed E-state index contributed by atoms with van der Waals surface area (Å²) in [5.74, 6) is 0.0601. The Hall–Kier alpha value is -2.99. The van der Waals surface area contributed by atoms with Crippen LogP contribution in [-0.2, 0) is 0 Å². The van der Waals surface area contributed by atoms with E-state index in [-0.39, 0.29) is 11.8 Å². The van der Waals surface area contributed by atoms with Gasteiger partial charge in [-0.05, 0) is 49.2 Å². The molecule has 0 aliphatic carbocycles. The Balaban J connectivity index is 1.77. The number of rotatable bonds is 4. The third-order valence-corrected chi connectivity index (χ3v) is 4.20. The van der Waals surface area contributed by atoms with Crippen LogP contribution in [-0.4, -0.2) is 37.7 Å². The van der Waals surface area contributed by atoms with Gasteiger partial charge >= 0.3 is 0 Å². The summed E-state index contributed by atoms with van der Waals surface area (Å²) in [6.07, 6.45) is 1.54. The number of anilines is 1. The highest BCUT2D eigenvalue weighted by molar-refractivity contribution is 6.11. The second-order valence-corrected chi connectivity index (χ2v) is 5.96. The number of ether oxygens (including phenoxy) is 1. The van der Waals surface area contributed by atoms with Crippen LogP contribution in [0.25, 0.3) is 0 Å². The number of piperidine rings is 1. The fourth-order valence-corrected chi connectivity index (χ4v) is 2.75.